The summed E-state index contributed by atoms with van der Waals surface area (Å²) in [6.07, 6.45) is 0. The van der Waals surface area contributed by atoms with Crippen LogP contribution < -0.4 is 5.56 Å². The van der Waals surface area contributed by atoms with Crippen LogP contribution in [0.1, 0.15) is 37.0 Å². The number of carboxylic acids is 1. The van der Waals surface area contributed by atoms with Crippen molar-refractivity contribution in [1.82, 2.24) is 14.6 Å². The molecule has 0 bridgehead atoms. The van der Waals surface area contributed by atoms with Crippen molar-refractivity contribution in [3.8, 4) is 0 Å². The highest BCUT2D eigenvalue weighted by Crippen LogP contribution is 2.20. The van der Waals surface area contributed by atoms with Gasteiger partial charge in [-0.3, -0.25) is 9.89 Å². The molecule has 2 aromatic rings. The molecule has 0 aliphatic heterocycles. The Morgan fingerprint density at radius 2 is 2.06 bits per heavy atom. The van der Waals surface area contributed by atoms with Crippen LogP contribution in [0.15, 0.2) is 16.9 Å². The van der Waals surface area contributed by atoms with Crippen LogP contribution >= 0.6 is 0 Å². The van der Waals surface area contributed by atoms with Crippen LogP contribution in [-0.4, -0.2) is 25.7 Å². The second-order valence-corrected chi connectivity index (χ2v) is 4.90. The number of H-pyrrole nitrogens is 1. The number of aromatic carboxylic acids is 1. The summed E-state index contributed by atoms with van der Waals surface area (Å²) >= 11 is 0. The number of rotatable bonds is 1. The van der Waals surface area contributed by atoms with Gasteiger partial charge in [-0.1, -0.05) is 20.8 Å². The van der Waals surface area contributed by atoms with Crippen molar-refractivity contribution in [2.45, 2.75) is 26.2 Å². The number of nitrogens with zero attached hydrogens (tertiary/aromatic N) is 2. The molecule has 0 saturated heterocycles. The molecule has 0 fully saturated rings. The molecule has 0 aliphatic rings. The van der Waals surface area contributed by atoms with Gasteiger partial charge in [-0.15, -0.1) is 0 Å². The summed E-state index contributed by atoms with van der Waals surface area (Å²) in [5.74, 6) is -1.21. The van der Waals surface area contributed by atoms with E-state index in [0.717, 1.165) is 11.8 Å². The number of hydrogen-bond acceptors (Lipinski definition) is 3. The fourth-order valence-electron chi connectivity index (χ4n) is 1.48. The van der Waals surface area contributed by atoms with Crippen molar-refractivity contribution >= 4 is 11.6 Å². The number of carboxylic acid groups (broad SMARTS) is 1. The van der Waals surface area contributed by atoms with Crippen LogP contribution in [0.3, 0.4) is 0 Å². The fraction of sp³-hybridized carbons (Fsp3) is 0.364. The van der Waals surface area contributed by atoms with Crippen molar-refractivity contribution in [3.63, 3.8) is 0 Å². The molecular formula is C11H13N3O3. The molecule has 0 aromatic carbocycles. The quantitative estimate of drug-likeness (QED) is 0.772. The molecule has 6 heteroatoms. The van der Waals surface area contributed by atoms with Gasteiger partial charge in [0.05, 0.1) is 0 Å². The van der Waals surface area contributed by atoms with Crippen LogP contribution in [0.4, 0.5) is 0 Å². The van der Waals surface area contributed by atoms with E-state index in [1.54, 1.807) is 6.07 Å². The van der Waals surface area contributed by atoms with Gasteiger partial charge in [0.2, 0.25) is 0 Å². The van der Waals surface area contributed by atoms with Gasteiger partial charge in [-0.05, 0) is 0 Å². The first-order valence-corrected chi connectivity index (χ1v) is 5.15. The summed E-state index contributed by atoms with van der Waals surface area (Å²) in [6.45, 7) is 5.96. The average molecular weight is 235 g/mol. The van der Waals surface area contributed by atoms with Gasteiger partial charge in [-0.25, -0.2) is 14.3 Å². The van der Waals surface area contributed by atoms with E-state index in [2.05, 4.69) is 10.1 Å². The molecule has 90 valence electrons. The third-order valence-electron chi connectivity index (χ3n) is 2.48. The molecular weight excluding hydrogens is 222 g/mol. The Hall–Kier alpha value is -2.11. The predicted octanol–water partition coefficient (Wildman–Crippen LogP) is 1.02. The SMILES string of the molecule is CC(C)(C)c1cc2nc(C(=O)O)cc(=O)n2[nH]1. The zero-order valence-electron chi connectivity index (χ0n) is 9.81. The van der Waals surface area contributed by atoms with Crippen LogP contribution in [-0.2, 0) is 5.41 Å². The Bertz CT molecular complexity index is 646. The summed E-state index contributed by atoms with van der Waals surface area (Å²) < 4.78 is 1.24. The molecule has 0 atom stereocenters. The van der Waals surface area contributed by atoms with Gasteiger partial charge in [0.15, 0.2) is 11.3 Å². The Balaban J connectivity index is 2.74. The Labute approximate surface area is 96.9 Å². The highest BCUT2D eigenvalue weighted by molar-refractivity contribution is 5.85. The van der Waals surface area contributed by atoms with Crippen molar-refractivity contribution in [2.24, 2.45) is 0 Å². The van der Waals surface area contributed by atoms with Crippen LogP contribution in [0.5, 0.6) is 0 Å². The third-order valence-corrected chi connectivity index (χ3v) is 2.48. The lowest BCUT2D eigenvalue weighted by molar-refractivity contribution is 0.0690. The number of aromatic amines is 1. The van der Waals surface area contributed by atoms with E-state index in [1.807, 2.05) is 20.8 Å². The minimum atomic E-state index is -1.21. The standard InChI is InChI=1S/C11H13N3O3/c1-11(2,3)7-5-8-12-6(10(16)17)4-9(15)14(8)13-7/h4-5,13H,1-3H3,(H,16,17). The molecule has 0 amide bonds. The molecule has 0 aliphatic carbocycles. The van der Waals surface area contributed by atoms with E-state index in [4.69, 9.17) is 5.11 Å². The highest BCUT2D eigenvalue weighted by Gasteiger charge is 2.18. The molecule has 0 unspecified atom stereocenters. The van der Waals surface area contributed by atoms with Gasteiger partial charge < -0.3 is 5.11 Å². The monoisotopic (exact) mass is 235 g/mol. The highest BCUT2D eigenvalue weighted by atomic mass is 16.4. The topological polar surface area (TPSA) is 87.5 Å². The van der Waals surface area contributed by atoms with Gasteiger partial charge in [0, 0.05) is 23.2 Å². The first kappa shape index (κ1) is 11.4. The molecule has 0 radical (unpaired) electrons. The second kappa shape index (κ2) is 3.44. The maximum absolute atomic E-state index is 11.7. The molecule has 2 N–H and O–H groups in total. The summed E-state index contributed by atoms with van der Waals surface area (Å²) in [4.78, 5) is 26.4. The second-order valence-electron chi connectivity index (χ2n) is 4.90. The number of carbonyl (C=O) groups is 1. The van der Waals surface area contributed by atoms with Crippen LogP contribution in [0.25, 0.3) is 5.65 Å². The summed E-state index contributed by atoms with van der Waals surface area (Å²) in [6, 6.07) is 2.69. The lowest BCUT2D eigenvalue weighted by Crippen LogP contribution is -2.18. The van der Waals surface area contributed by atoms with Gasteiger partial charge >= 0.3 is 5.97 Å². The molecule has 0 saturated carbocycles. The number of nitrogens with one attached hydrogen (secondary N) is 1. The maximum Gasteiger partial charge on any atom is 0.354 e. The van der Waals surface area contributed by atoms with Gasteiger partial charge in [-0.2, -0.15) is 0 Å². The van der Waals surface area contributed by atoms with Gasteiger partial charge in [0.1, 0.15) is 0 Å². The predicted molar refractivity (Wildman–Crippen MR) is 61.5 cm³/mol. The molecule has 0 spiro atoms. The zero-order chi connectivity index (χ0) is 12.8. The van der Waals surface area contributed by atoms with Crippen LogP contribution in [0, 0.1) is 0 Å². The lowest BCUT2D eigenvalue weighted by atomic mass is 9.93. The first-order chi connectivity index (χ1) is 7.79. The maximum atomic E-state index is 11.7. The zero-order valence-corrected chi connectivity index (χ0v) is 9.81. The minimum absolute atomic E-state index is 0.163. The van der Waals surface area contributed by atoms with Crippen molar-refractivity contribution in [1.29, 1.82) is 0 Å². The molecule has 2 heterocycles. The van der Waals surface area contributed by atoms with Crippen molar-refractivity contribution in [2.75, 3.05) is 0 Å². The van der Waals surface area contributed by atoms with E-state index in [1.165, 1.54) is 4.52 Å². The van der Waals surface area contributed by atoms with E-state index in [-0.39, 0.29) is 11.1 Å². The Morgan fingerprint density at radius 1 is 1.41 bits per heavy atom. The largest absolute Gasteiger partial charge is 0.477 e. The molecule has 2 aromatic heterocycles. The number of fused-ring (bicyclic) bond motifs is 1. The van der Waals surface area contributed by atoms with E-state index in [9.17, 15) is 9.59 Å². The number of aromatic nitrogens is 3. The summed E-state index contributed by atoms with van der Waals surface area (Å²) in [7, 11) is 0. The summed E-state index contributed by atoms with van der Waals surface area (Å²) in [5.41, 5.74) is 0.311. The molecule has 2 rings (SSSR count). The normalized spacial score (nSPS) is 11.9. The first-order valence-electron chi connectivity index (χ1n) is 5.15. The molecule has 17 heavy (non-hydrogen) atoms. The van der Waals surface area contributed by atoms with Crippen LogP contribution in [0.2, 0.25) is 0 Å². The fourth-order valence-corrected chi connectivity index (χ4v) is 1.48. The van der Waals surface area contributed by atoms with E-state index >= 15 is 0 Å². The van der Waals surface area contributed by atoms with Gasteiger partial charge in [0.25, 0.3) is 5.56 Å². The van der Waals surface area contributed by atoms with E-state index in [0.29, 0.717) is 5.65 Å². The van der Waals surface area contributed by atoms with Crippen molar-refractivity contribution < 1.29 is 9.90 Å². The smallest absolute Gasteiger partial charge is 0.354 e. The minimum Gasteiger partial charge on any atom is -0.477 e. The third kappa shape index (κ3) is 1.93. The molecule has 6 nitrogen and oxygen atoms in total. The van der Waals surface area contributed by atoms with Crippen molar-refractivity contribution in [3.05, 3.63) is 33.9 Å². The number of hydrogen-bond donors (Lipinski definition) is 2. The Kier molecular flexibility index (Phi) is 2.30. The lowest BCUT2D eigenvalue weighted by Gasteiger charge is -2.14. The average Bonchev–Trinajstić information content (AvgIpc) is 2.60. The summed E-state index contributed by atoms with van der Waals surface area (Å²) in [5, 5.41) is 11.7. The van der Waals surface area contributed by atoms with E-state index < -0.39 is 11.5 Å². The Morgan fingerprint density at radius 3 is 2.59 bits per heavy atom.